The Morgan fingerprint density at radius 3 is 2.32 bits per heavy atom. The minimum absolute atomic E-state index is 0.137. The quantitative estimate of drug-likeness (QED) is 0.789. The van der Waals surface area contributed by atoms with Crippen molar-refractivity contribution in [1.82, 2.24) is 5.32 Å². The normalized spacial score (nSPS) is 12.5. The summed E-state index contributed by atoms with van der Waals surface area (Å²) in [6.45, 7) is 4.48. The van der Waals surface area contributed by atoms with E-state index in [1.807, 2.05) is 13.8 Å². The van der Waals surface area contributed by atoms with Crippen LogP contribution in [0.1, 0.15) is 26.7 Å². The summed E-state index contributed by atoms with van der Waals surface area (Å²) in [6, 6.07) is 6.61. The third-order valence-corrected chi connectivity index (χ3v) is 4.39. The number of amides is 1. The molecule has 0 fully saturated rings. The Balaban J connectivity index is 2.76. The molecule has 0 aliphatic heterocycles. The molecule has 6 nitrogen and oxygen atoms in total. The van der Waals surface area contributed by atoms with Crippen molar-refractivity contribution in [3.05, 3.63) is 24.3 Å². The molecule has 0 aliphatic carbocycles. The van der Waals surface area contributed by atoms with Gasteiger partial charge in [-0.15, -0.1) is 0 Å². The Morgan fingerprint density at radius 1 is 1.27 bits per heavy atom. The van der Waals surface area contributed by atoms with Gasteiger partial charge in [0.25, 0.3) is 5.91 Å². The van der Waals surface area contributed by atoms with E-state index >= 15 is 0 Å². The second-order valence-electron chi connectivity index (χ2n) is 5.03. The molecule has 1 aromatic rings. The lowest BCUT2D eigenvalue weighted by Gasteiger charge is -2.19. The number of hydrogen-bond acceptors (Lipinski definition) is 4. The van der Waals surface area contributed by atoms with Gasteiger partial charge in [-0.25, -0.2) is 8.42 Å². The lowest BCUT2D eigenvalue weighted by Crippen LogP contribution is -2.38. The summed E-state index contributed by atoms with van der Waals surface area (Å²) in [6.07, 6.45) is 2.02. The van der Waals surface area contributed by atoms with Crippen LogP contribution in [0, 0.1) is 0 Å². The van der Waals surface area contributed by atoms with Crippen molar-refractivity contribution in [3.8, 4) is 5.75 Å². The van der Waals surface area contributed by atoms with E-state index in [0.717, 1.165) is 12.7 Å². The van der Waals surface area contributed by atoms with Gasteiger partial charge in [0.05, 0.1) is 11.9 Å². The largest absolute Gasteiger partial charge is 0.481 e. The van der Waals surface area contributed by atoms with E-state index in [1.54, 1.807) is 24.3 Å². The number of hydrogen-bond donors (Lipinski definition) is 1. The summed E-state index contributed by atoms with van der Waals surface area (Å²) in [5.41, 5.74) is 0.540. The van der Waals surface area contributed by atoms with Crippen LogP contribution in [0.15, 0.2) is 24.3 Å². The Bertz CT molecular complexity index is 584. The molecule has 0 bridgehead atoms. The molecule has 0 heterocycles. The number of carbonyl (C=O) groups is 1. The number of ether oxygens (including phenoxy) is 1. The van der Waals surface area contributed by atoms with Crippen LogP contribution in [-0.2, 0) is 14.8 Å². The first-order valence-corrected chi connectivity index (χ1v) is 9.12. The molecule has 0 saturated heterocycles. The fraction of sp³-hybridized carbons (Fsp3) is 0.533. The van der Waals surface area contributed by atoms with Gasteiger partial charge in [-0.3, -0.25) is 9.10 Å². The molecule has 124 valence electrons. The highest BCUT2D eigenvalue weighted by Gasteiger charge is 2.18. The van der Waals surface area contributed by atoms with Gasteiger partial charge in [-0.2, -0.15) is 0 Å². The molecule has 1 atom stereocenters. The smallest absolute Gasteiger partial charge is 0.261 e. The van der Waals surface area contributed by atoms with E-state index in [-0.39, 0.29) is 5.91 Å². The molecule has 0 radical (unpaired) electrons. The molecule has 1 rings (SSSR count). The van der Waals surface area contributed by atoms with Gasteiger partial charge >= 0.3 is 0 Å². The molecule has 0 spiro atoms. The van der Waals surface area contributed by atoms with E-state index in [4.69, 9.17) is 4.74 Å². The van der Waals surface area contributed by atoms with Crippen LogP contribution in [0.4, 0.5) is 5.69 Å². The summed E-state index contributed by atoms with van der Waals surface area (Å²) in [5, 5.41) is 2.80. The number of benzene rings is 1. The number of nitrogens with zero attached hydrogens (tertiary/aromatic N) is 1. The van der Waals surface area contributed by atoms with Crippen molar-refractivity contribution in [2.75, 3.05) is 24.2 Å². The maximum atomic E-state index is 11.9. The molecular weight excluding hydrogens is 304 g/mol. The molecule has 7 heteroatoms. The molecule has 1 aromatic carbocycles. The van der Waals surface area contributed by atoms with Gasteiger partial charge in [-0.05, 0) is 37.1 Å². The van der Waals surface area contributed by atoms with Crippen LogP contribution in [0.3, 0.4) is 0 Å². The first kappa shape index (κ1) is 18.3. The van der Waals surface area contributed by atoms with Crippen LogP contribution in [-0.4, -0.2) is 40.3 Å². The first-order chi connectivity index (χ1) is 10.3. The summed E-state index contributed by atoms with van der Waals surface area (Å²) in [4.78, 5) is 11.9. The predicted octanol–water partition coefficient (Wildman–Crippen LogP) is 1.77. The minimum Gasteiger partial charge on any atom is -0.481 e. The highest BCUT2D eigenvalue weighted by molar-refractivity contribution is 7.92. The van der Waals surface area contributed by atoms with Gasteiger partial charge in [0, 0.05) is 13.6 Å². The topological polar surface area (TPSA) is 75.7 Å². The molecule has 22 heavy (non-hydrogen) atoms. The number of carbonyl (C=O) groups excluding carboxylic acids is 1. The second-order valence-corrected chi connectivity index (χ2v) is 7.04. The van der Waals surface area contributed by atoms with Crippen LogP contribution < -0.4 is 14.4 Å². The fourth-order valence-electron chi connectivity index (χ4n) is 1.77. The van der Waals surface area contributed by atoms with Crippen LogP contribution in [0.5, 0.6) is 5.75 Å². The van der Waals surface area contributed by atoms with Crippen molar-refractivity contribution in [2.24, 2.45) is 0 Å². The lowest BCUT2D eigenvalue weighted by atomic mass is 10.2. The monoisotopic (exact) mass is 328 g/mol. The summed E-state index contributed by atoms with van der Waals surface area (Å²) in [7, 11) is -1.81. The zero-order valence-corrected chi connectivity index (χ0v) is 14.3. The maximum absolute atomic E-state index is 11.9. The number of rotatable bonds is 8. The summed E-state index contributed by atoms with van der Waals surface area (Å²) in [5.74, 6) is 0.394. The number of anilines is 1. The lowest BCUT2D eigenvalue weighted by molar-refractivity contribution is -0.128. The van der Waals surface area contributed by atoms with Gasteiger partial charge < -0.3 is 10.1 Å². The van der Waals surface area contributed by atoms with Crippen molar-refractivity contribution in [1.29, 1.82) is 0 Å². The van der Waals surface area contributed by atoms with Gasteiger partial charge in [0.15, 0.2) is 6.10 Å². The molecule has 0 aliphatic rings. The van der Waals surface area contributed by atoms with Crippen molar-refractivity contribution in [2.45, 2.75) is 32.8 Å². The Morgan fingerprint density at radius 2 is 1.86 bits per heavy atom. The van der Waals surface area contributed by atoms with Crippen molar-refractivity contribution < 1.29 is 17.9 Å². The molecule has 0 aromatic heterocycles. The summed E-state index contributed by atoms with van der Waals surface area (Å²) >= 11 is 0. The van der Waals surface area contributed by atoms with Crippen LogP contribution in [0.2, 0.25) is 0 Å². The van der Waals surface area contributed by atoms with E-state index in [1.165, 1.54) is 11.4 Å². The average Bonchev–Trinajstić information content (AvgIpc) is 2.49. The molecule has 1 unspecified atom stereocenters. The third-order valence-electron chi connectivity index (χ3n) is 3.19. The standard InChI is InChI=1S/C15H24N2O4S/c1-5-11-16-15(18)14(6-2)21-13-9-7-12(8-10-13)17(3)22(4,19)20/h7-10,14H,5-6,11H2,1-4H3,(H,16,18). The van der Waals surface area contributed by atoms with E-state index < -0.39 is 16.1 Å². The average molecular weight is 328 g/mol. The Labute approximate surface area is 132 Å². The van der Waals surface area contributed by atoms with Gasteiger partial charge in [-0.1, -0.05) is 13.8 Å². The zero-order chi connectivity index (χ0) is 16.8. The van der Waals surface area contributed by atoms with Crippen LogP contribution in [0.25, 0.3) is 0 Å². The molecule has 1 N–H and O–H groups in total. The van der Waals surface area contributed by atoms with Crippen LogP contribution >= 0.6 is 0 Å². The van der Waals surface area contributed by atoms with E-state index in [9.17, 15) is 13.2 Å². The molecule has 1 amide bonds. The van der Waals surface area contributed by atoms with Gasteiger partial charge in [0.2, 0.25) is 10.0 Å². The summed E-state index contributed by atoms with van der Waals surface area (Å²) < 4.78 is 29.8. The van der Waals surface area contributed by atoms with Crippen molar-refractivity contribution in [3.63, 3.8) is 0 Å². The zero-order valence-electron chi connectivity index (χ0n) is 13.5. The molecule has 0 saturated carbocycles. The molecular formula is C15H24N2O4S. The second kappa shape index (κ2) is 8.03. The van der Waals surface area contributed by atoms with Crippen molar-refractivity contribution >= 4 is 21.6 Å². The van der Waals surface area contributed by atoms with E-state index in [2.05, 4.69) is 5.32 Å². The SMILES string of the molecule is CCCNC(=O)C(CC)Oc1ccc(N(C)S(C)(=O)=O)cc1. The fourth-order valence-corrected chi connectivity index (χ4v) is 2.28. The predicted molar refractivity (Wildman–Crippen MR) is 87.7 cm³/mol. The maximum Gasteiger partial charge on any atom is 0.261 e. The number of sulfonamides is 1. The van der Waals surface area contributed by atoms with Gasteiger partial charge in [0.1, 0.15) is 5.75 Å². The highest BCUT2D eigenvalue weighted by atomic mass is 32.2. The Hall–Kier alpha value is -1.76. The number of nitrogens with one attached hydrogen (secondary N) is 1. The third kappa shape index (κ3) is 5.22. The first-order valence-electron chi connectivity index (χ1n) is 7.27. The van der Waals surface area contributed by atoms with E-state index in [0.29, 0.717) is 24.4 Å². The Kier molecular flexibility index (Phi) is 6.67. The minimum atomic E-state index is -3.29. The highest BCUT2D eigenvalue weighted by Crippen LogP contribution is 2.21.